The lowest BCUT2D eigenvalue weighted by atomic mass is 10.0. The first-order chi connectivity index (χ1) is 10.7. The summed E-state index contributed by atoms with van der Waals surface area (Å²) in [5, 5.41) is 0. The van der Waals surface area contributed by atoms with Crippen LogP contribution in [-0.2, 0) is 16.0 Å². The third kappa shape index (κ3) is 3.31. The summed E-state index contributed by atoms with van der Waals surface area (Å²) in [7, 11) is 0. The van der Waals surface area contributed by atoms with Crippen LogP contribution in [0.2, 0.25) is 0 Å². The van der Waals surface area contributed by atoms with E-state index >= 15 is 0 Å². The molecule has 1 aliphatic rings. The Morgan fingerprint density at radius 3 is 2.73 bits per heavy atom. The molecule has 5 nitrogen and oxygen atoms in total. The topological polar surface area (TPSA) is 55.3 Å². The van der Waals surface area contributed by atoms with Crippen molar-refractivity contribution in [1.82, 2.24) is 14.9 Å². The first kappa shape index (κ1) is 14.7. The summed E-state index contributed by atoms with van der Waals surface area (Å²) >= 11 is 0. The second-order valence-electron chi connectivity index (χ2n) is 5.54. The molecule has 0 unspecified atom stereocenters. The zero-order chi connectivity index (χ0) is 15.4. The molecule has 0 spiro atoms. The molecule has 1 aromatic carbocycles. The monoisotopic (exact) mass is 297 g/mol. The molecule has 1 amide bonds. The van der Waals surface area contributed by atoms with E-state index in [-0.39, 0.29) is 18.1 Å². The largest absolute Gasteiger partial charge is 0.374 e. The first-order valence-electron chi connectivity index (χ1n) is 7.44. The van der Waals surface area contributed by atoms with Crippen molar-refractivity contribution < 1.29 is 9.53 Å². The lowest BCUT2D eigenvalue weighted by Crippen LogP contribution is -2.47. The second kappa shape index (κ2) is 6.66. The fraction of sp³-hybridized carbons (Fsp3) is 0.353. The fourth-order valence-corrected chi connectivity index (χ4v) is 2.73. The molecule has 1 aromatic heterocycles. The molecule has 1 aliphatic heterocycles. The summed E-state index contributed by atoms with van der Waals surface area (Å²) in [6, 6.07) is 9.99. The van der Waals surface area contributed by atoms with E-state index in [1.54, 1.807) is 12.4 Å². The Balaban J connectivity index is 1.79. The number of rotatable bonds is 3. The lowest BCUT2D eigenvalue weighted by molar-refractivity contribution is -0.144. The molecule has 1 fully saturated rings. The van der Waals surface area contributed by atoms with Gasteiger partial charge in [-0.2, -0.15) is 0 Å². The number of nitrogens with zero attached hydrogens (tertiary/aromatic N) is 3. The predicted molar refractivity (Wildman–Crippen MR) is 82.0 cm³/mol. The summed E-state index contributed by atoms with van der Waals surface area (Å²) in [5.74, 6) is 0.0822. The van der Waals surface area contributed by atoms with Gasteiger partial charge in [-0.25, -0.2) is 9.97 Å². The zero-order valence-corrected chi connectivity index (χ0v) is 12.6. The summed E-state index contributed by atoms with van der Waals surface area (Å²) < 4.78 is 5.76. The molecule has 2 heterocycles. The molecule has 0 aliphatic carbocycles. The lowest BCUT2D eigenvalue weighted by Gasteiger charge is -2.39. The van der Waals surface area contributed by atoms with Crippen LogP contribution >= 0.6 is 0 Å². The Labute approximate surface area is 130 Å². The van der Waals surface area contributed by atoms with Crippen molar-refractivity contribution in [1.29, 1.82) is 0 Å². The van der Waals surface area contributed by atoms with Crippen molar-refractivity contribution in [2.24, 2.45) is 0 Å². The van der Waals surface area contributed by atoms with E-state index in [1.807, 2.05) is 42.2 Å². The van der Waals surface area contributed by atoms with Gasteiger partial charge in [0, 0.05) is 18.9 Å². The van der Waals surface area contributed by atoms with Crippen LogP contribution in [0.25, 0.3) is 0 Å². The predicted octanol–water partition coefficient (Wildman–Crippen LogP) is 2.01. The van der Waals surface area contributed by atoms with E-state index in [1.165, 1.54) is 6.33 Å². The van der Waals surface area contributed by atoms with Gasteiger partial charge in [0.2, 0.25) is 5.91 Å². The summed E-state index contributed by atoms with van der Waals surface area (Å²) in [6.07, 6.45) is 5.21. The van der Waals surface area contributed by atoms with E-state index in [0.29, 0.717) is 19.6 Å². The molecule has 5 heteroatoms. The smallest absolute Gasteiger partial charge is 0.227 e. The van der Waals surface area contributed by atoms with Crippen LogP contribution in [0.1, 0.15) is 24.1 Å². The van der Waals surface area contributed by atoms with E-state index in [4.69, 9.17) is 4.74 Å². The van der Waals surface area contributed by atoms with Crippen molar-refractivity contribution in [3.8, 4) is 0 Å². The number of hydrogen-bond donors (Lipinski definition) is 0. The van der Waals surface area contributed by atoms with Crippen LogP contribution < -0.4 is 0 Å². The molecule has 1 saturated heterocycles. The SMILES string of the molecule is C[C@H]1CN(C(=O)Cc2cncnc2)[C@H](c2ccccc2)CO1. The van der Waals surface area contributed by atoms with Crippen molar-refractivity contribution in [2.45, 2.75) is 25.5 Å². The maximum absolute atomic E-state index is 12.7. The van der Waals surface area contributed by atoms with E-state index in [2.05, 4.69) is 9.97 Å². The molecule has 2 atom stereocenters. The van der Waals surface area contributed by atoms with Gasteiger partial charge in [0.25, 0.3) is 0 Å². The number of carbonyl (C=O) groups excluding carboxylic acids is 1. The highest BCUT2D eigenvalue weighted by atomic mass is 16.5. The van der Waals surface area contributed by atoms with Gasteiger partial charge in [-0.1, -0.05) is 30.3 Å². The van der Waals surface area contributed by atoms with Gasteiger partial charge in [-0.3, -0.25) is 4.79 Å². The van der Waals surface area contributed by atoms with Gasteiger partial charge >= 0.3 is 0 Å². The van der Waals surface area contributed by atoms with Crippen LogP contribution in [0, 0.1) is 0 Å². The molecular formula is C17H19N3O2. The summed E-state index contributed by atoms with van der Waals surface area (Å²) in [4.78, 5) is 22.6. The number of ether oxygens (including phenoxy) is 1. The summed E-state index contributed by atoms with van der Waals surface area (Å²) in [6.45, 7) is 3.13. The molecule has 3 rings (SSSR count). The number of morpholine rings is 1. The highest BCUT2D eigenvalue weighted by Gasteiger charge is 2.31. The van der Waals surface area contributed by atoms with Crippen LogP contribution in [-0.4, -0.2) is 40.0 Å². The standard InChI is InChI=1S/C17H19N3O2/c1-13-10-20(17(21)7-14-8-18-12-19-9-14)16(11-22-13)15-5-3-2-4-6-15/h2-6,8-9,12-13,16H,7,10-11H2,1H3/t13-,16-/m0/s1. The van der Waals surface area contributed by atoms with Gasteiger partial charge in [0.05, 0.1) is 25.2 Å². The van der Waals surface area contributed by atoms with Crippen molar-refractivity contribution >= 4 is 5.91 Å². The maximum atomic E-state index is 12.7. The molecule has 0 saturated carbocycles. The zero-order valence-electron chi connectivity index (χ0n) is 12.6. The van der Waals surface area contributed by atoms with E-state index < -0.39 is 0 Å². The molecule has 0 N–H and O–H groups in total. The average Bonchev–Trinajstić information content (AvgIpc) is 2.56. The van der Waals surface area contributed by atoms with Crippen molar-refractivity contribution in [2.75, 3.05) is 13.2 Å². The minimum atomic E-state index is -0.0328. The molecule has 114 valence electrons. The van der Waals surface area contributed by atoms with E-state index in [9.17, 15) is 4.79 Å². The normalized spacial score (nSPS) is 21.6. The van der Waals surface area contributed by atoms with E-state index in [0.717, 1.165) is 11.1 Å². The quantitative estimate of drug-likeness (QED) is 0.869. The molecule has 2 aromatic rings. The molecule has 0 bridgehead atoms. The number of hydrogen-bond acceptors (Lipinski definition) is 4. The number of aromatic nitrogens is 2. The highest BCUT2D eigenvalue weighted by Crippen LogP contribution is 2.26. The highest BCUT2D eigenvalue weighted by molar-refractivity contribution is 5.79. The Hall–Kier alpha value is -2.27. The Morgan fingerprint density at radius 2 is 2.00 bits per heavy atom. The number of benzene rings is 1. The van der Waals surface area contributed by atoms with Gasteiger partial charge in [-0.15, -0.1) is 0 Å². The summed E-state index contributed by atoms with van der Waals surface area (Å²) in [5.41, 5.74) is 1.94. The first-order valence-corrected chi connectivity index (χ1v) is 7.44. The van der Waals surface area contributed by atoms with Crippen molar-refractivity contribution in [3.05, 3.63) is 60.2 Å². The second-order valence-corrected chi connectivity index (χ2v) is 5.54. The third-order valence-corrected chi connectivity index (χ3v) is 3.84. The van der Waals surface area contributed by atoms with Gasteiger partial charge in [0.1, 0.15) is 6.33 Å². The molecule has 0 radical (unpaired) electrons. The van der Waals surface area contributed by atoms with Gasteiger partial charge in [-0.05, 0) is 18.1 Å². The number of carbonyl (C=O) groups is 1. The fourth-order valence-electron chi connectivity index (χ4n) is 2.73. The Bertz CT molecular complexity index is 618. The minimum absolute atomic E-state index is 0.0328. The Kier molecular flexibility index (Phi) is 4.44. The van der Waals surface area contributed by atoms with Crippen LogP contribution in [0.3, 0.4) is 0 Å². The molecular weight excluding hydrogens is 278 g/mol. The molecule has 22 heavy (non-hydrogen) atoms. The van der Waals surface area contributed by atoms with Gasteiger partial charge in [0.15, 0.2) is 0 Å². The van der Waals surface area contributed by atoms with Gasteiger partial charge < -0.3 is 9.64 Å². The number of amides is 1. The minimum Gasteiger partial charge on any atom is -0.374 e. The van der Waals surface area contributed by atoms with Crippen molar-refractivity contribution in [3.63, 3.8) is 0 Å². The average molecular weight is 297 g/mol. The third-order valence-electron chi connectivity index (χ3n) is 3.84. The van der Waals surface area contributed by atoms with Crippen LogP contribution in [0.4, 0.5) is 0 Å². The maximum Gasteiger partial charge on any atom is 0.227 e. The Morgan fingerprint density at radius 1 is 1.27 bits per heavy atom. The van der Waals surface area contributed by atoms with Crippen LogP contribution in [0.5, 0.6) is 0 Å². The van der Waals surface area contributed by atoms with Crippen LogP contribution in [0.15, 0.2) is 49.1 Å².